The van der Waals surface area contributed by atoms with Crippen LogP contribution in [0, 0.1) is 11.3 Å². The molecule has 6 heteroatoms. The summed E-state index contributed by atoms with van der Waals surface area (Å²) in [5.74, 6) is 1.44. The number of nitrogens with one attached hydrogen (secondary N) is 1. The number of carbonyl (C=O) groups excluding carboxylic acids is 1. The molecule has 1 aromatic heterocycles. The molecule has 25 heavy (non-hydrogen) atoms. The van der Waals surface area contributed by atoms with Crippen molar-refractivity contribution in [2.75, 3.05) is 11.9 Å². The molecule has 2 aromatic rings. The molecule has 0 spiro atoms. The Morgan fingerprint density at radius 1 is 1.36 bits per heavy atom. The SMILES string of the molecule is CC(C)c1nc2c(n1C)CCN(C(=O)Nc1ccc(CC#N)cc1)C2. The fourth-order valence-corrected chi connectivity index (χ4v) is 3.24. The number of rotatable bonds is 3. The van der Waals surface area contributed by atoms with Crippen molar-refractivity contribution in [2.24, 2.45) is 7.05 Å². The van der Waals surface area contributed by atoms with Gasteiger partial charge in [-0.2, -0.15) is 5.26 Å². The lowest BCUT2D eigenvalue weighted by molar-refractivity contribution is 0.205. The molecule has 0 saturated heterocycles. The Hall–Kier alpha value is -2.81. The molecule has 1 N–H and O–H groups in total. The fraction of sp³-hybridized carbons (Fsp3) is 0.421. The average molecular weight is 337 g/mol. The maximum atomic E-state index is 12.5. The molecule has 0 bridgehead atoms. The number of carbonyl (C=O) groups is 1. The van der Waals surface area contributed by atoms with Crippen molar-refractivity contribution in [1.29, 1.82) is 5.26 Å². The van der Waals surface area contributed by atoms with E-state index in [1.54, 1.807) is 4.90 Å². The normalized spacial score (nSPS) is 13.5. The van der Waals surface area contributed by atoms with Crippen molar-refractivity contribution >= 4 is 11.7 Å². The molecule has 2 amide bonds. The fourth-order valence-electron chi connectivity index (χ4n) is 3.24. The van der Waals surface area contributed by atoms with Gasteiger partial charge in [0.25, 0.3) is 0 Å². The van der Waals surface area contributed by atoms with Crippen LogP contribution in [0.2, 0.25) is 0 Å². The third-order valence-corrected chi connectivity index (χ3v) is 4.58. The zero-order valence-corrected chi connectivity index (χ0v) is 14.9. The molecule has 0 saturated carbocycles. The number of anilines is 1. The van der Waals surface area contributed by atoms with Crippen LogP contribution in [0.15, 0.2) is 24.3 Å². The predicted octanol–water partition coefficient (Wildman–Crippen LogP) is 3.20. The summed E-state index contributed by atoms with van der Waals surface area (Å²) >= 11 is 0. The Labute approximate surface area is 148 Å². The van der Waals surface area contributed by atoms with Gasteiger partial charge in [-0.05, 0) is 17.7 Å². The maximum Gasteiger partial charge on any atom is 0.322 e. The van der Waals surface area contributed by atoms with E-state index in [1.807, 2.05) is 24.3 Å². The minimum atomic E-state index is -0.115. The van der Waals surface area contributed by atoms with Gasteiger partial charge in [0, 0.05) is 37.3 Å². The van der Waals surface area contributed by atoms with Gasteiger partial charge in [-0.15, -0.1) is 0 Å². The number of nitrogens with zero attached hydrogens (tertiary/aromatic N) is 4. The Bertz CT molecular complexity index is 814. The Balaban J connectivity index is 1.68. The molecule has 0 atom stereocenters. The summed E-state index contributed by atoms with van der Waals surface area (Å²) in [6.07, 6.45) is 1.20. The molecular formula is C19H23N5O. The second kappa shape index (κ2) is 6.98. The van der Waals surface area contributed by atoms with Crippen LogP contribution in [0.3, 0.4) is 0 Å². The predicted molar refractivity (Wildman–Crippen MR) is 96.2 cm³/mol. The molecule has 1 aromatic carbocycles. The maximum absolute atomic E-state index is 12.5. The van der Waals surface area contributed by atoms with Crippen LogP contribution in [0.5, 0.6) is 0 Å². The van der Waals surface area contributed by atoms with E-state index in [0.29, 0.717) is 25.4 Å². The van der Waals surface area contributed by atoms with Crippen LogP contribution in [-0.4, -0.2) is 27.0 Å². The van der Waals surface area contributed by atoms with E-state index in [1.165, 1.54) is 5.69 Å². The number of benzene rings is 1. The third-order valence-electron chi connectivity index (χ3n) is 4.58. The quantitative estimate of drug-likeness (QED) is 0.934. The molecule has 1 aliphatic rings. The molecule has 1 aliphatic heterocycles. The van der Waals surface area contributed by atoms with Gasteiger partial charge in [-0.3, -0.25) is 0 Å². The van der Waals surface area contributed by atoms with Crippen LogP contribution < -0.4 is 5.32 Å². The average Bonchev–Trinajstić information content (AvgIpc) is 2.93. The smallest absolute Gasteiger partial charge is 0.322 e. The number of fused-ring (bicyclic) bond motifs is 1. The van der Waals surface area contributed by atoms with Gasteiger partial charge in [0.15, 0.2) is 0 Å². The lowest BCUT2D eigenvalue weighted by Gasteiger charge is -2.27. The van der Waals surface area contributed by atoms with E-state index in [4.69, 9.17) is 10.2 Å². The van der Waals surface area contributed by atoms with E-state index in [0.717, 1.165) is 29.2 Å². The number of aromatic nitrogens is 2. The number of hydrogen-bond donors (Lipinski definition) is 1. The topological polar surface area (TPSA) is 74.0 Å². The minimum Gasteiger partial charge on any atom is -0.334 e. The first-order valence-corrected chi connectivity index (χ1v) is 8.55. The molecule has 3 rings (SSSR count). The molecule has 2 heterocycles. The van der Waals surface area contributed by atoms with Crippen LogP contribution in [0.4, 0.5) is 10.5 Å². The van der Waals surface area contributed by atoms with Gasteiger partial charge in [-0.25, -0.2) is 9.78 Å². The molecule has 0 radical (unpaired) electrons. The van der Waals surface area contributed by atoms with Crippen molar-refractivity contribution in [3.63, 3.8) is 0 Å². The highest BCUT2D eigenvalue weighted by Gasteiger charge is 2.26. The van der Waals surface area contributed by atoms with Gasteiger partial charge in [0.05, 0.1) is 24.7 Å². The number of imidazole rings is 1. The van der Waals surface area contributed by atoms with Gasteiger partial charge in [0.2, 0.25) is 0 Å². The first-order valence-electron chi connectivity index (χ1n) is 8.55. The first kappa shape index (κ1) is 17.0. The largest absolute Gasteiger partial charge is 0.334 e. The van der Waals surface area contributed by atoms with Crippen LogP contribution in [-0.2, 0) is 26.4 Å². The number of hydrogen-bond acceptors (Lipinski definition) is 3. The summed E-state index contributed by atoms with van der Waals surface area (Å²) < 4.78 is 2.17. The van der Waals surface area contributed by atoms with E-state index in [-0.39, 0.29) is 6.03 Å². The standard InChI is InChI=1S/C19H23N5O/c1-13(2)18-22-16-12-24(11-9-17(16)23(18)3)19(25)21-15-6-4-14(5-7-15)8-10-20/h4-7,13H,8-9,11-12H2,1-3H3,(H,21,25). The minimum absolute atomic E-state index is 0.115. The summed E-state index contributed by atoms with van der Waals surface area (Å²) in [6.45, 7) is 5.49. The van der Waals surface area contributed by atoms with Crippen molar-refractivity contribution in [2.45, 2.75) is 39.2 Å². The van der Waals surface area contributed by atoms with Crippen LogP contribution in [0.25, 0.3) is 0 Å². The van der Waals surface area contributed by atoms with E-state index < -0.39 is 0 Å². The highest BCUT2D eigenvalue weighted by atomic mass is 16.2. The van der Waals surface area contributed by atoms with E-state index >= 15 is 0 Å². The van der Waals surface area contributed by atoms with Crippen LogP contribution in [0.1, 0.15) is 42.5 Å². The Morgan fingerprint density at radius 2 is 2.08 bits per heavy atom. The lowest BCUT2D eigenvalue weighted by Crippen LogP contribution is -2.39. The van der Waals surface area contributed by atoms with E-state index in [9.17, 15) is 4.79 Å². The second-order valence-corrected chi connectivity index (χ2v) is 6.71. The zero-order chi connectivity index (χ0) is 18.0. The number of urea groups is 1. The summed E-state index contributed by atoms with van der Waals surface area (Å²) in [6, 6.07) is 9.39. The summed E-state index contributed by atoms with van der Waals surface area (Å²) in [5.41, 5.74) is 3.91. The molecule has 0 unspecified atom stereocenters. The zero-order valence-electron chi connectivity index (χ0n) is 14.9. The molecule has 0 aliphatic carbocycles. The first-order chi connectivity index (χ1) is 12.0. The Morgan fingerprint density at radius 3 is 2.72 bits per heavy atom. The molecular weight excluding hydrogens is 314 g/mol. The number of amides is 2. The van der Waals surface area contributed by atoms with E-state index in [2.05, 4.69) is 36.8 Å². The second-order valence-electron chi connectivity index (χ2n) is 6.71. The number of nitriles is 1. The van der Waals surface area contributed by atoms with Crippen LogP contribution >= 0.6 is 0 Å². The van der Waals surface area contributed by atoms with Crippen molar-refractivity contribution < 1.29 is 4.79 Å². The molecule has 130 valence electrons. The third kappa shape index (κ3) is 3.50. The van der Waals surface area contributed by atoms with Gasteiger partial charge in [-0.1, -0.05) is 26.0 Å². The summed E-state index contributed by atoms with van der Waals surface area (Å²) in [5, 5.41) is 11.6. The molecule has 6 nitrogen and oxygen atoms in total. The summed E-state index contributed by atoms with van der Waals surface area (Å²) in [7, 11) is 2.06. The van der Waals surface area contributed by atoms with Crippen molar-refractivity contribution in [3.05, 3.63) is 47.0 Å². The monoisotopic (exact) mass is 337 g/mol. The highest BCUT2D eigenvalue weighted by Crippen LogP contribution is 2.23. The molecule has 0 fully saturated rings. The van der Waals surface area contributed by atoms with Crippen molar-refractivity contribution in [1.82, 2.24) is 14.5 Å². The lowest BCUT2D eigenvalue weighted by atomic mass is 10.1. The highest BCUT2D eigenvalue weighted by molar-refractivity contribution is 5.89. The summed E-state index contributed by atoms with van der Waals surface area (Å²) in [4.78, 5) is 19.1. The van der Waals surface area contributed by atoms with Gasteiger partial charge < -0.3 is 14.8 Å². The van der Waals surface area contributed by atoms with Crippen molar-refractivity contribution in [3.8, 4) is 6.07 Å². The Kier molecular flexibility index (Phi) is 4.75. The van der Waals surface area contributed by atoms with Gasteiger partial charge >= 0.3 is 6.03 Å². The van der Waals surface area contributed by atoms with Gasteiger partial charge in [0.1, 0.15) is 5.82 Å².